The van der Waals surface area contributed by atoms with E-state index in [-0.39, 0.29) is 6.04 Å². The summed E-state index contributed by atoms with van der Waals surface area (Å²) >= 11 is 0. The Morgan fingerprint density at radius 1 is 1.41 bits per heavy atom. The van der Waals surface area contributed by atoms with Gasteiger partial charge >= 0.3 is 0 Å². The molecule has 0 aromatic carbocycles. The van der Waals surface area contributed by atoms with Gasteiger partial charge in [0.05, 0.1) is 6.04 Å². The first-order valence-electron chi connectivity index (χ1n) is 6.24. The minimum atomic E-state index is -0.527. The molecule has 0 aliphatic carbocycles. The quantitative estimate of drug-likeness (QED) is 0.794. The molecule has 1 atom stereocenters. The molecule has 1 aromatic rings. The lowest BCUT2D eigenvalue weighted by Crippen LogP contribution is -2.23. The van der Waals surface area contributed by atoms with Crippen LogP contribution in [0.25, 0.3) is 0 Å². The molecule has 1 rings (SSSR count). The van der Waals surface area contributed by atoms with Crippen molar-refractivity contribution in [3.63, 3.8) is 0 Å². The minimum Gasteiger partial charge on any atom is -0.368 e. The van der Waals surface area contributed by atoms with Crippen molar-refractivity contribution in [2.24, 2.45) is 5.73 Å². The van der Waals surface area contributed by atoms with E-state index in [1.807, 2.05) is 20.8 Å². The van der Waals surface area contributed by atoms with Gasteiger partial charge in [-0.25, -0.2) is 0 Å². The Bertz CT molecular complexity index is 336. The summed E-state index contributed by atoms with van der Waals surface area (Å²) in [7, 11) is 0. The van der Waals surface area contributed by atoms with Crippen molar-refractivity contribution in [1.29, 1.82) is 0 Å². The highest BCUT2D eigenvalue weighted by Gasteiger charge is 2.28. The maximum Gasteiger partial charge on any atom is 0.243 e. The molecule has 0 saturated carbocycles. The molecule has 0 aliphatic heterocycles. The molecule has 0 bridgehead atoms. The maximum atomic E-state index is 5.97. The van der Waals surface area contributed by atoms with Gasteiger partial charge in [-0.3, -0.25) is 0 Å². The van der Waals surface area contributed by atoms with Gasteiger partial charge in [-0.2, -0.15) is 4.98 Å². The Hall–Kier alpha value is -0.940. The summed E-state index contributed by atoms with van der Waals surface area (Å²) in [5.41, 5.74) is 5.45. The molecule has 0 spiro atoms. The van der Waals surface area contributed by atoms with Crippen LogP contribution in [0.5, 0.6) is 0 Å². The minimum absolute atomic E-state index is 0.173. The topological polar surface area (TPSA) is 74.2 Å². The van der Waals surface area contributed by atoms with Gasteiger partial charge in [-0.05, 0) is 27.2 Å². The van der Waals surface area contributed by atoms with Crippen molar-refractivity contribution in [3.8, 4) is 0 Å². The molecule has 0 radical (unpaired) electrons. The summed E-state index contributed by atoms with van der Waals surface area (Å²) in [5, 5.41) is 3.94. The second kappa shape index (κ2) is 6.12. The number of aromatic nitrogens is 2. The zero-order valence-corrected chi connectivity index (χ0v) is 11.2. The summed E-state index contributed by atoms with van der Waals surface area (Å²) in [6, 6.07) is -0.173. The summed E-state index contributed by atoms with van der Waals surface area (Å²) < 4.78 is 10.8. The van der Waals surface area contributed by atoms with Gasteiger partial charge in [0, 0.05) is 6.61 Å². The van der Waals surface area contributed by atoms with E-state index in [0.717, 1.165) is 19.3 Å². The normalized spacial score (nSPS) is 13.9. The van der Waals surface area contributed by atoms with Gasteiger partial charge in [0.2, 0.25) is 11.7 Å². The molecular weight excluding hydrogens is 218 g/mol. The average molecular weight is 241 g/mol. The molecule has 0 fully saturated rings. The van der Waals surface area contributed by atoms with Gasteiger partial charge in [0.15, 0.2) is 0 Å². The molecule has 0 saturated heterocycles. The highest BCUT2D eigenvalue weighted by molar-refractivity contribution is 4.99. The third-order valence-corrected chi connectivity index (χ3v) is 2.67. The van der Waals surface area contributed by atoms with Crippen molar-refractivity contribution in [2.45, 2.75) is 58.6 Å². The average Bonchev–Trinajstić information content (AvgIpc) is 2.75. The highest BCUT2D eigenvalue weighted by Crippen LogP contribution is 2.23. The molecule has 0 amide bonds. The van der Waals surface area contributed by atoms with E-state index in [0.29, 0.717) is 18.3 Å². The van der Waals surface area contributed by atoms with Crippen LogP contribution in [0.4, 0.5) is 0 Å². The predicted octanol–water partition coefficient (Wildman–Crippen LogP) is 2.53. The summed E-state index contributed by atoms with van der Waals surface area (Å²) in [6.45, 7) is 8.52. The van der Waals surface area contributed by atoms with E-state index in [4.69, 9.17) is 15.0 Å². The van der Waals surface area contributed by atoms with Crippen molar-refractivity contribution in [2.75, 3.05) is 6.61 Å². The molecule has 5 heteroatoms. The number of ether oxygens (including phenoxy) is 1. The van der Waals surface area contributed by atoms with E-state index < -0.39 is 5.60 Å². The molecule has 0 aliphatic rings. The van der Waals surface area contributed by atoms with Crippen LogP contribution in [0, 0.1) is 0 Å². The molecule has 1 unspecified atom stereocenters. The van der Waals surface area contributed by atoms with Crippen LogP contribution in [0.3, 0.4) is 0 Å². The number of nitrogens with two attached hydrogens (primary N) is 1. The number of rotatable bonds is 7. The lowest BCUT2D eigenvalue weighted by atomic mass is 10.1. The fourth-order valence-electron chi connectivity index (χ4n) is 1.60. The molecule has 1 heterocycles. The first-order chi connectivity index (χ1) is 8.01. The van der Waals surface area contributed by atoms with Crippen molar-refractivity contribution in [1.82, 2.24) is 10.1 Å². The lowest BCUT2D eigenvalue weighted by molar-refractivity contribution is -0.0221. The number of hydrogen-bond acceptors (Lipinski definition) is 5. The first-order valence-corrected chi connectivity index (χ1v) is 6.24. The summed E-state index contributed by atoms with van der Waals surface area (Å²) in [4.78, 5) is 4.33. The van der Waals surface area contributed by atoms with Gasteiger partial charge in [0.1, 0.15) is 5.60 Å². The first kappa shape index (κ1) is 14.1. The van der Waals surface area contributed by atoms with Crippen LogP contribution < -0.4 is 5.73 Å². The Kier molecular flexibility index (Phi) is 5.08. The van der Waals surface area contributed by atoms with Crippen molar-refractivity contribution >= 4 is 0 Å². The summed E-state index contributed by atoms with van der Waals surface area (Å²) in [5.74, 6) is 1.06. The smallest absolute Gasteiger partial charge is 0.243 e. The molecule has 2 N–H and O–H groups in total. The van der Waals surface area contributed by atoms with Crippen molar-refractivity contribution in [3.05, 3.63) is 11.7 Å². The maximum absolute atomic E-state index is 5.97. The molecule has 17 heavy (non-hydrogen) atoms. The highest BCUT2D eigenvalue weighted by atomic mass is 16.5. The Balaban J connectivity index is 2.70. The second-order valence-electron chi connectivity index (χ2n) is 4.65. The van der Waals surface area contributed by atoms with Crippen LogP contribution in [0.15, 0.2) is 4.52 Å². The second-order valence-corrected chi connectivity index (χ2v) is 4.65. The predicted molar refractivity (Wildman–Crippen MR) is 65.4 cm³/mol. The van der Waals surface area contributed by atoms with E-state index in [2.05, 4.69) is 17.1 Å². The zero-order chi connectivity index (χ0) is 12.9. The molecular formula is C12H23N3O2. The van der Waals surface area contributed by atoms with Crippen LogP contribution in [0.2, 0.25) is 0 Å². The monoisotopic (exact) mass is 241 g/mol. The van der Waals surface area contributed by atoms with Crippen LogP contribution >= 0.6 is 0 Å². The number of unbranched alkanes of at least 4 members (excludes halogenated alkanes) is 1. The summed E-state index contributed by atoms with van der Waals surface area (Å²) in [6.07, 6.45) is 3.04. The number of nitrogens with zero attached hydrogens (tertiary/aromatic N) is 2. The Labute approximate surface area is 103 Å². The third kappa shape index (κ3) is 3.78. The van der Waals surface area contributed by atoms with Gasteiger partial charge in [-0.15, -0.1) is 0 Å². The lowest BCUT2D eigenvalue weighted by Gasteiger charge is -2.19. The van der Waals surface area contributed by atoms with Gasteiger partial charge < -0.3 is 15.0 Å². The fraction of sp³-hybridized carbons (Fsp3) is 0.833. The Morgan fingerprint density at radius 2 is 2.12 bits per heavy atom. The van der Waals surface area contributed by atoms with Crippen molar-refractivity contribution < 1.29 is 9.26 Å². The fourth-order valence-corrected chi connectivity index (χ4v) is 1.60. The Morgan fingerprint density at radius 3 is 2.71 bits per heavy atom. The number of hydrogen-bond donors (Lipinski definition) is 1. The SMILES string of the molecule is CCCCC(N)c1nc(C(C)(C)OCC)no1. The van der Waals surface area contributed by atoms with Gasteiger partial charge in [-0.1, -0.05) is 24.9 Å². The van der Waals surface area contributed by atoms with E-state index in [9.17, 15) is 0 Å². The molecule has 98 valence electrons. The molecule has 5 nitrogen and oxygen atoms in total. The van der Waals surface area contributed by atoms with E-state index in [1.54, 1.807) is 0 Å². The standard InChI is InChI=1S/C12H23N3O2/c1-5-7-8-9(13)10-14-11(15-17-10)12(3,4)16-6-2/h9H,5-8,13H2,1-4H3. The van der Waals surface area contributed by atoms with Crippen LogP contribution in [-0.4, -0.2) is 16.7 Å². The van der Waals surface area contributed by atoms with E-state index >= 15 is 0 Å². The van der Waals surface area contributed by atoms with Crippen LogP contribution in [0.1, 0.15) is 64.7 Å². The molecule has 1 aromatic heterocycles. The third-order valence-electron chi connectivity index (χ3n) is 2.67. The van der Waals surface area contributed by atoms with Gasteiger partial charge in [0.25, 0.3) is 0 Å². The van der Waals surface area contributed by atoms with E-state index in [1.165, 1.54) is 0 Å². The largest absolute Gasteiger partial charge is 0.368 e. The van der Waals surface area contributed by atoms with Crippen LogP contribution in [-0.2, 0) is 10.3 Å². The zero-order valence-electron chi connectivity index (χ0n) is 11.2.